The fourth-order valence-corrected chi connectivity index (χ4v) is 3.54. The number of hydrogen-bond donors (Lipinski definition) is 2. The molecule has 1 aliphatic rings. The van der Waals surface area contributed by atoms with E-state index in [9.17, 15) is 24.5 Å². The third kappa shape index (κ3) is 4.43. The summed E-state index contributed by atoms with van der Waals surface area (Å²) < 4.78 is 0. The van der Waals surface area contributed by atoms with Gasteiger partial charge in [0, 0.05) is 30.3 Å². The number of amides is 3. The molecule has 2 N–H and O–H groups in total. The first kappa shape index (κ1) is 20.9. The van der Waals surface area contributed by atoms with Gasteiger partial charge in [-0.3, -0.25) is 29.8 Å². The SMILES string of the molecule is CCC1(c2ccc(NC(=O)/C=C/c3cccc([N+](=O)[O-])c3)cc2)CCC(=O)NC1=O. The maximum absolute atomic E-state index is 12.5. The molecule has 0 aromatic heterocycles. The van der Waals surface area contributed by atoms with E-state index in [0.29, 0.717) is 30.5 Å². The number of non-ortho nitro benzene ring substituents is 1. The van der Waals surface area contributed by atoms with Gasteiger partial charge in [-0.05, 0) is 42.2 Å². The van der Waals surface area contributed by atoms with Gasteiger partial charge >= 0.3 is 0 Å². The zero-order chi connectivity index (χ0) is 21.7. The van der Waals surface area contributed by atoms with Crippen LogP contribution in [0, 0.1) is 10.1 Å². The number of anilines is 1. The lowest BCUT2D eigenvalue weighted by Crippen LogP contribution is -2.51. The van der Waals surface area contributed by atoms with Gasteiger partial charge in [0.15, 0.2) is 0 Å². The molecule has 1 aliphatic heterocycles. The lowest BCUT2D eigenvalue weighted by Gasteiger charge is -2.35. The Hall–Kier alpha value is -3.81. The van der Waals surface area contributed by atoms with Gasteiger partial charge in [-0.15, -0.1) is 0 Å². The average Bonchev–Trinajstić information content (AvgIpc) is 2.74. The highest BCUT2D eigenvalue weighted by Crippen LogP contribution is 2.36. The number of nitro benzene ring substituents is 1. The Kier molecular flexibility index (Phi) is 6.06. The molecule has 8 heteroatoms. The second kappa shape index (κ2) is 8.69. The zero-order valence-corrected chi connectivity index (χ0v) is 16.4. The van der Waals surface area contributed by atoms with Gasteiger partial charge in [-0.2, -0.15) is 0 Å². The van der Waals surface area contributed by atoms with Gasteiger partial charge < -0.3 is 5.32 Å². The molecule has 154 valence electrons. The molecule has 1 fully saturated rings. The highest BCUT2D eigenvalue weighted by atomic mass is 16.6. The van der Waals surface area contributed by atoms with Crippen LogP contribution in [-0.4, -0.2) is 22.6 Å². The normalized spacial score (nSPS) is 18.8. The molecule has 1 saturated heterocycles. The maximum atomic E-state index is 12.5. The minimum absolute atomic E-state index is 0.0496. The molecule has 1 unspecified atom stereocenters. The lowest BCUT2D eigenvalue weighted by molar-refractivity contribution is -0.384. The van der Waals surface area contributed by atoms with Crippen molar-refractivity contribution < 1.29 is 19.3 Å². The summed E-state index contributed by atoms with van der Waals surface area (Å²) in [5, 5.41) is 15.9. The van der Waals surface area contributed by atoms with E-state index in [0.717, 1.165) is 5.56 Å². The number of carbonyl (C=O) groups excluding carboxylic acids is 3. The Balaban J connectivity index is 1.69. The highest BCUT2D eigenvalue weighted by molar-refractivity contribution is 6.04. The number of nitrogens with zero attached hydrogens (tertiary/aromatic N) is 1. The molecule has 0 spiro atoms. The number of carbonyl (C=O) groups is 3. The van der Waals surface area contributed by atoms with Crippen LogP contribution in [-0.2, 0) is 19.8 Å². The minimum Gasteiger partial charge on any atom is -0.323 e. The predicted octanol–water partition coefficient (Wildman–Crippen LogP) is 3.33. The van der Waals surface area contributed by atoms with Crippen molar-refractivity contribution in [2.24, 2.45) is 0 Å². The van der Waals surface area contributed by atoms with Crippen LogP contribution in [0.15, 0.2) is 54.6 Å². The molecule has 30 heavy (non-hydrogen) atoms. The van der Waals surface area contributed by atoms with E-state index in [1.54, 1.807) is 36.4 Å². The fraction of sp³-hybridized carbons (Fsp3) is 0.227. The van der Waals surface area contributed by atoms with Gasteiger partial charge in [0.25, 0.3) is 5.69 Å². The Bertz CT molecular complexity index is 1030. The number of imide groups is 1. The Morgan fingerprint density at radius 2 is 1.97 bits per heavy atom. The number of benzene rings is 2. The van der Waals surface area contributed by atoms with Crippen LogP contribution in [0.2, 0.25) is 0 Å². The minimum atomic E-state index is -0.752. The molecule has 1 atom stereocenters. The second-order valence-electron chi connectivity index (χ2n) is 7.06. The number of piperidine rings is 1. The van der Waals surface area contributed by atoms with Crippen LogP contribution in [0.5, 0.6) is 0 Å². The highest BCUT2D eigenvalue weighted by Gasteiger charge is 2.42. The first-order valence-electron chi connectivity index (χ1n) is 9.52. The van der Waals surface area contributed by atoms with Gasteiger partial charge in [0.2, 0.25) is 17.7 Å². The monoisotopic (exact) mass is 407 g/mol. The number of hydrogen-bond acceptors (Lipinski definition) is 5. The van der Waals surface area contributed by atoms with Crippen molar-refractivity contribution in [1.82, 2.24) is 5.32 Å². The largest absolute Gasteiger partial charge is 0.323 e. The van der Waals surface area contributed by atoms with E-state index >= 15 is 0 Å². The summed E-state index contributed by atoms with van der Waals surface area (Å²) in [5.41, 5.74) is 1.08. The number of rotatable bonds is 6. The van der Waals surface area contributed by atoms with E-state index in [2.05, 4.69) is 10.6 Å². The first-order chi connectivity index (χ1) is 14.3. The Labute approximate surface area is 173 Å². The average molecular weight is 407 g/mol. The van der Waals surface area contributed by atoms with Crippen molar-refractivity contribution in [3.05, 3.63) is 75.8 Å². The van der Waals surface area contributed by atoms with Gasteiger partial charge in [-0.25, -0.2) is 0 Å². The van der Waals surface area contributed by atoms with Crippen LogP contribution >= 0.6 is 0 Å². The molecule has 0 radical (unpaired) electrons. The summed E-state index contributed by atoms with van der Waals surface area (Å²) in [5.74, 6) is -0.943. The van der Waals surface area contributed by atoms with Crippen LogP contribution < -0.4 is 10.6 Å². The van der Waals surface area contributed by atoms with E-state index in [1.807, 2.05) is 6.92 Å². The summed E-state index contributed by atoms with van der Waals surface area (Å²) in [6.07, 6.45) is 4.09. The van der Waals surface area contributed by atoms with E-state index in [-0.39, 0.29) is 23.4 Å². The van der Waals surface area contributed by atoms with Crippen LogP contribution in [0.25, 0.3) is 6.08 Å². The molecule has 0 bridgehead atoms. The molecule has 0 aliphatic carbocycles. The fourth-order valence-electron chi connectivity index (χ4n) is 3.54. The van der Waals surface area contributed by atoms with E-state index in [4.69, 9.17) is 0 Å². The molecule has 3 amide bonds. The number of nitrogens with one attached hydrogen (secondary N) is 2. The molecular weight excluding hydrogens is 386 g/mol. The van der Waals surface area contributed by atoms with E-state index in [1.165, 1.54) is 24.3 Å². The van der Waals surface area contributed by atoms with Crippen molar-refractivity contribution in [2.75, 3.05) is 5.32 Å². The molecule has 8 nitrogen and oxygen atoms in total. The summed E-state index contributed by atoms with van der Waals surface area (Å²) in [6, 6.07) is 12.9. The van der Waals surface area contributed by atoms with Crippen molar-refractivity contribution in [3.8, 4) is 0 Å². The van der Waals surface area contributed by atoms with Crippen molar-refractivity contribution in [3.63, 3.8) is 0 Å². The first-order valence-corrected chi connectivity index (χ1v) is 9.52. The van der Waals surface area contributed by atoms with Crippen molar-refractivity contribution >= 4 is 35.2 Å². The van der Waals surface area contributed by atoms with Crippen LogP contribution in [0.3, 0.4) is 0 Å². The quantitative estimate of drug-likeness (QED) is 0.330. The Morgan fingerprint density at radius 1 is 1.23 bits per heavy atom. The zero-order valence-electron chi connectivity index (χ0n) is 16.4. The van der Waals surface area contributed by atoms with Crippen LogP contribution in [0.4, 0.5) is 11.4 Å². The molecule has 3 rings (SSSR count). The van der Waals surface area contributed by atoms with Gasteiger partial charge in [0.05, 0.1) is 10.3 Å². The standard InChI is InChI=1S/C22H21N3O5/c1-2-22(13-12-20(27)24-21(22)28)16-7-9-17(10-8-16)23-19(26)11-6-15-4-3-5-18(14-15)25(29)30/h3-11,14H,2,12-13H2,1H3,(H,23,26)(H,24,27,28)/b11-6+. The molecule has 2 aromatic carbocycles. The third-order valence-electron chi connectivity index (χ3n) is 5.28. The Morgan fingerprint density at radius 3 is 2.60 bits per heavy atom. The summed E-state index contributed by atoms with van der Waals surface area (Å²) in [4.78, 5) is 46.4. The molecule has 0 saturated carbocycles. The van der Waals surface area contributed by atoms with Gasteiger partial charge in [0.1, 0.15) is 0 Å². The third-order valence-corrected chi connectivity index (χ3v) is 5.28. The second-order valence-corrected chi connectivity index (χ2v) is 7.06. The van der Waals surface area contributed by atoms with Gasteiger partial charge in [-0.1, -0.05) is 31.2 Å². The summed E-state index contributed by atoms with van der Waals surface area (Å²) in [7, 11) is 0. The van der Waals surface area contributed by atoms with E-state index < -0.39 is 10.3 Å². The molecular formula is C22H21N3O5. The van der Waals surface area contributed by atoms with Crippen LogP contribution in [0.1, 0.15) is 37.3 Å². The summed E-state index contributed by atoms with van der Waals surface area (Å²) >= 11 is 0. The smallest absolute Gasteiger partial charge is 0.270 e. The predicted molar refractivity (Wildman–Crippen MR) is 112 cm³/mol. The topological polar surface area (TPSA) is 118 Å². The maximum Gasteiger partial charge on any atom is 0.270 e. The molecule has 2 aromatic rings. The van der Waals surface area contributed by atoms with Crippen molar-refractivity contribution in [1.29, 1.82) is 0 Å². The molecule has 1 heterocycles. The lowest BCUT2D eigenvalue weighted by atomic mass is 9.72. The number of nitro groups is 1. The summed E-state index contributed by atoms with van der Waals surface area (Å²) in [6.45, 7) is 1.91. The van der Waals surface area contributed by atoms with Crippen molar-refractivity contribution in [2.45, 2.75) is 31.6 Å².